The van der Waals surface area contributed by atoms with E-state index in [2.05, 4.69) is 4.98 Å². The highest BCUT2D eigenvalue weighted by Gasteiger charge is 2.20. The number of rotatable bonds is 5. The van der Waals surface area contributed by atoms with Crippen molar-refractivity contribution in [2.75, 3.05) is 13.2 Å². The summed E-state index contributed by atoms with van der Waals surface area (Å²) in [6.45, 7) is 0.721. The van der Waals surface area contributed by atoms with Crippen LogP contribution in [0.4, 0.5) is 0 Å². The van der Waals surface area contributed by atoms with E-state index in [0.717, 1.165) is 0 Å². The lowest BCUT2D eigenvalue weighted by molar-refractivity contribution is 0.0916. The van der Waals surface area contributed by atoms with Crippen molar-refractivity contribution in [3.05, 3.63) is 47.8 Å². The summed E-state index contributed by atoms with van der Waals surface area (Å²) in [6, 6.07) is 6.10. The van der Waals surface area contributed by atoms with Crippen LogP contribution in [0.5, 0.6) is 17.2 Å². The first-order valence-electron chi connectivity index (χ1n) is 7.24. The Balaban J connectivity index is 1.69. The summed E-state index contributed by atoms with van der Waals surface area (Å²) in [5, 5.41) is 9.91. The highest BCUT2D eigenvalue weighted by molar-refractivity contribution is 6.02. The van der Waals surface area contributed by atoms with Gasteiger partial charge in [-0.25, -0.2) is 0 Å². The standard InChI is InChI=1S/C17H15NO5/c19-13(11-3-5-18-6-4-11)1-2-14(20)12-9-15(21)17-16(10-12)22-7-8-23-17/h3-6,9-10,21H,1-2,7-8H2. The number of benzene rings is 1. The summed E-state index contributed by atoms with van der Waals surface area (Å²) < 4.78 is 10.7. The molecule has 0 atom stereocenters. The van der Waals surface area contributed by atoms with Gasteiger partial charge in [0.1, 0.15) is 13.2 Å². The van der Waals surface area contributed by atoms with Crippen LogP contribution in [0.1, 0.15) is 33.6 Å². The minimum Gasteiger partial charge on any atom is -0.504 e. The predicted molar refractivity (Wildman–Crippen MR) is 81.2 cm³/mol. The summed E-state index contributed by atoms with van der Waals surface area (Å²) >= 11 is 0. The van der Waals surface area contributed by atoms with Gasteiger partial charge in [0.05, 0.1) is 0 Å². The predicted octanol–water partition coefficient (Wildman–Crippen LogP) is 2.40. The van der Waals surface area contributed by atoms with E-state index >= 15 is 0 Å². The van der Waals surface area contributed by atoms with Crippen molar-refractivity contribution < 1.29 is 24.2 Å². The Kier molecular flexibility index (Phi) is 4.23. The molecule has 23 heavy (non-hydrogen) atoms. The van der Waals surface area contributed by atoms with Gasteiger partial charge in [-0.3, -0.25) is 14.6 Å². The molecule has 0 amide bonds. The van der Waals surface area contributed by atoms with Crippen LogP contribution in [0.15, 0.2) is 36.7 Å². The second kappa shape index (κ2) is 6.48. The molecular formula is C17H15NO5. The van der Waals surface area contributed by atoms with E-state index in [4.69, 9.17) is 9.47 Å². The van der Waals surface area contributed by atoms with Crippen LogP contribution in [0.3, 0.4) is 0 Å². The van der Waals surface area contributed by atoms with Gasteiger partial charge in [-0.1, -0.05) is 0 Å². The second-order valence-corrected chi connectivity index (χ2v) is 5.10. The lowest BCUT2D eigenvalue weighted by Gasteiger charge is -2.19. The topological polar surface area (TPSA) is 85.7 Å². The number of carbonyl (C=O) groups excluding carboxylic acids is 2. The minimum absolute atomic E-state index is 0.0558. The van der Waals surface area contributed by atoms with Crippen LogP contribution in [0.25, 0.3) is 0 Å². The van der Waals surface area contributed by atoms with Gasteiger partial charge >= 0.3 is 0 Å². The lowest BCUT2D eigenvalue weighted by atomic mass is 10.0. The molecule has 1 aliphatic heterocycles. The molecule has 0 saturated heterocycles. The maximum Gasteiger partial charge on any atom is 0.203 e. The van der Waals surface area contributed by atoms with Crippen molar-refractivity contribution in [3.8, 4) is 17.2 Å². The van der Waals surface area contributed by atoms with Crippen molar-refractivity contribution in [3.63, 3.8) is 0 Å². The molecule has 1 aromatic heterocycles. The van der Waals surface area contributed by atoms with Gasteiger partial charge < -0.3 is 14.6 Å². The van der Waals surface area contributed by atoms with Crippen molar-refractivity contribution in [1.82, 2.24) is 4.98 Å². The summed E-state index contributed by atoms with van der Waals surface area (Å²) in [5.74, 6) is 0.105. The van der Waals surface area contributed by atoms with Crippen LogP contribution in [0, 0.1) is 0 Å². The van der Waals surface area contributed by atoms with E-state index in [1.54, 1.807) is 12.1 Å². The third kappa shape index (κ3) is 3.31. The number of nitrogens with zero attached hydrogens (tertiary/aromatic N) is 1. The average Bonchev–Trinajstić information content (AvgIpc) is 2.60. The molecule has 0 fully saturated rings. The number of carbonyl (C=O) groups is 2. The third-order valence-electron chi connectivity index (χ3n) is 3.53. The SMILES string of the molecule is O=C(CCC(=O)c1cc(O)c2c(c1)OCCO2)c1ccncc1. The Morgan fingerprint density at radius 2 is 1.65 bits per heavy atom. The van der Waals surface area contributed by atoms with Crippen LogP contribution in [0.2, 0.25) is 0 Å². The molecule has 2 aromatic rings. The number of fused-ring (bicyclic) bond motifs is 1. The molecule has 2 heterocycles. The first-order valence-corrected chi connectivity index (χ1v) is 7.24. The number of phenolic OH excluding ortho intramolecular Hbond substituents is 1. The van der Waals surface area contributed by atoms with Gasteiger partial charge in [-0.05, 0) is 24.3 Å². The maximum atomic E-state index is 12.2. The summed E-state index contributed by atoms with van der Waals surface area (Å²) in [6.07, 6.45) is 3.22. The van der Waals surface area contributed by atoms with Crippen molar-refractivity contribution in [1.29, 1.82) is 0 Å². The molecule has 6 nitrogen and oxygen atoms in total. The quantitative estimate of drug-likeness (QED) is 0.853. The van der Waals surface area contributed by atoms with Crippen LogP contribution >= 0.6 is 0 Å². The number of hydrogen-bond donors (Lipinski definition) is 1. The maximum absolute atomic E-state index is 12.2. The number of aromatic hydroxyl groups is 1. The van der Waals surface area contributed by atoms with E-state index in [1.807, 2.05) is 0 Å². The fourth-order valence-corrected chi connectivity index (χ4v) is 2.35. The molecular weight excluding hydrogens is 298 g/mol. The van der Waals surface area contributed by atoms with Gasteiger partial charge in [0.2, 0.25) is 5.75 Å². The number of ketones is 2. The monoisotopic (exact) mass is 313 g/mol. The second-order valence-electron chi connectivity index (χ2n) is 5.10. The Labute approximate surface area is 132 Å². The smallest absolute Gasteiger partial charge is 0.203 e. The molecule has 3 rings (SSSR count). The minimum atomic E-state index is -0.236. The van der Waals surface area contributed by atoms with Crippen molar-refractivity contribution >= 4 is 11.6 Å². The first-order chi connectivity index (χ1) is 11.1. The lowest BCUT2D eigenvalue weighted by Crippen LogP contribution is -2.16. The van der Waals surface area contributed by atoms with Gasteiger partial charge in [-0.2, -0.15) is 0 Å². The van der Waals surface area contributed by atoms with E-state index in [9.17, 15) is 14.7 Å². The number of hydrogen-bond acceptors (Lipinski definition) is 6. The Morgan fingerprint density at radius 3 is 2.39 bits per heavy atom. The van der Waals surface area contributed by atoms with Gasteiger partial charge in [0.25, 0.3) is 0 Å². The first kappa shape index (κ1) is 15.0. The summed E-state index contributed by atoms with van der Waals surface area (Å²) in [7, 11) is 0. The number of Topliss-reactive ketones (excluding diaryl/α,β-unsaturated/α-hetero) is 2. The normalized spacial score (nSPS) is 12.7. The molecule has 0 aliphatic carbocycles. The van der Waals surface area contributed by atoms with Gasteiger partial charge in [0.15, 0.2) is 23.1 Å². The molecule has 1 aromatic carbocycles. The zero-order valence-electron chi connectivity index (χ0n) is 12.3. The molecule has 1 aliphatic rings. The molecule has 0 radical (unpaired) electrons. The van der Waals surface area contributed by atoms with Gasteiger partial charge in [-0.15, -0.1) is 0 Å². The number of ether oxygens (including phenoxy) is 2. The van der Waals surface area contributed by atoms with Crippen molar-refractivity contribution in [2.24, 2.45) is 0 Å². The average molecular weight is 313 g/mol. The van der Waals surface area contributed by atoms with Gasteiger partial charge in [0, 0.05) is 36.4 Å². The molecule has 118 valence electrons. The zero-order chi connectivity index (χ0) is 16.2. The van der Waals surface area contributed by atoms with Crippen LogP contribution in [-0.2, 0) is 0 Å². The van der Waals surface area contributed by atoms with E-state index in [0.29, 0.717) is 30.1 Å². The summed E-state index contributed by atoms with van der Waals surface area (Å²) in [5.41, 5.74) is 0.826. The van der Waals surface area contributed by atoms with E-state index in [-0.39, 0.29) is 35.9 Å². The Morgan fingerprint density at radius 1 is 1.00 bits per heavy atom. The Bertz CT molecular complexity index is 742. The molecule has 0 bridgehead atoms. The zero-order valence-corrected chi connectivity index (χ0v) is 12.3. The fourth-order valence-electron chi connectivity index (χ4n) is 2.35. The molecule has 0 spiro atoms. The molecule has 6 heteroatoms. The molecule has 0 saturated carbocycles. The van der Waals surface area contributed by atoms with E-state index < -0.39 is 0 Å². The molecule has 1 N–H and O–H groups in total. The fraction of sp³-hybridized carbons (Fsp3) is 0.235. The highest BCUT2D eigenvalue weighted by atomic mass is 16.6. The molecule has 0 unspecified atom stereocenters. The summed E-state index contributed by atoms with van der Waals surface area (Å²) in [4.78, 5) is 28.1. The van der Waals surface area contributed by atoms with Crippen molar-refractivity contribution in [2.45, 2.75) is 12.8 Å². The number of pyridine rings is 1. The van der Waals surface area contributed by atoms with E-state index in [1.165, 1.54) is 24.5 Å². The van der Waals surface area contributed by atoms with Crippen LogP contribution < -0.4 is 9.47 Å². The van der Waals surface area contributed by atoms with Crippen LogP contribution in [-0.4, -0.2) is 34.9 Å². The number of aromatic nitrogens is 1. The third-order valence-corrected chi connectivity index (χ3v) is 3.53. The Hall–Kier alpha value is -2.89. The highest BCUT2D eigenvalue weighted by Crippen LogP contribution is 2.39. The largest absolute Gasteiger partial charge is 0.504 e. The number of phenols is 1.